The number of carbonyl (C=O) groups excluding carboxylic acids is 1. The van der Waals surface area contributed by atoms with E-state index >= 15 is 0 Å². The van der Waals surface area contributed by atoms with Crippen molar-refractivity contribution in [3.05, 3.63) is 93.6 Å². The van der Waals surface area contributed by atoms with E-state index in [4.69, 9.17) is 59.6 Å². The molecule has 15 heteroatoms. The normalized spacial score (nSPS) is 13.4. The van der Waals surface area contributed by atoms with E-state index in [0.717, 1.165) is 44.7 Å². The van der Waals surface area contributed by atoms with E-state index in [9.17, 15) is 19.8 Å². The third-order valence-corrected chi connectivity index (χ3v) is 9.72. The van der Waals surface area contributed by atoms with Gasteiger partial charge in [-0.25, -0.2) is 4.79 Å². The van der Waals surface area contributed by atoms with Gasteiger partial charge in [-0.05, 0) is 100 Å². The van der Waals surface area contributed by atoms with Crippen molar-refractivity contribution < 1.29 is 67.2 Å². The summed E-state index contributed by atoms with van der Waals surface area (Å²) in [7, 11) is 0. The zero-order valence-electron chi connectivity index (χ0n) is 35.4. The number of phenols is 1. The second-order valence-corrected chi connectivity index (χ2v) is 14.5. The van der Waals surface area contributed by atoms with Crippen molar-refractivity contribution in [2.45, 2.75) is 32.6 Å². The van der Waals surface area contributed by atoms with Crippen LogP contribution in [0.25, 0.3) is 5.57 Å². The molecule has 0 unspecified atom stereocenters. The molecule has 0 bridgehead atoms. The SMILES string of the molecule is CCOCCOCCOCCOCCOCCOCCOCCOCCOCCOCCCC(=S)Cc1ccc(C2=C3C=CC(=O)C=C3Cc3cc(O)ccc32)c(C(=O)O)c1. The monoisotopic (exact) mass is 870 g/mol. The number of thiocarbonyl (C=S) groups is 1. The number of carboxylic acid groups (broad SMARTS) is 1. The Kier molecular flexibility index (Phi) is 24.9. The summed E-state index contributed by atoms with van der Waals surface area (Å²) >= 11 is 5.65. The number of hydrogen-bond donors (Lipinski definition) is 2. The van der Waals surface area contributed by atoms with Gasteiger partial charge in [-0.15, -0.1) is 0 Å². The van der Waals surface area contributed by atoms with Crippen molar-refractivity contribution in [3.8, 4) is 5.75 Å². The van der Waals surface area contributed by atoms with Crippen LogP contribution in [0, 0.1) is 0 Å². The number of carbonyl (C=O) groups is 2. The standard InChI is InChI=1S/C46H62O14S/c1-2-51-12-13-53-16-17-55-20-21-57-24-25-59-28-29-60-27-26-58-23-22-56-19-18-54-15-14-52-11-3-4-40(61)30-35-5-8-43(44(31-35)46(49)50)45-41-9-6-38(47)33-36(41)32-37-34-39(48)7-10-42(37)45/h5-10,31,33-34,47H,2-4,11-30,32H2,1H3,(H,49,50). The van der Waals surface area contributed by atoms with Gasteiger partial charge in [-0.2, -0.15) is 0 Å². The number of hydrogen-bond acceptors (Lipinski definition) is 14. The Morgan fingerprint density at radius 2 is 1.10 bits per heavy atom. The van der Waals surface area contributed by atoms with E-state index < -0.39 is 5.97 Å². The predicted octanol–water partition coefficient (Wildman–Crippen LogP) is 5.39. The Morgan fingerprint density at radius 1 is 0.623 bits per heavy atom. The number of benzene rings is 2. The number of rotatable bonds is 36. The number of ether oxygens (including phenoxy) is 10. The van der Waals surface area contributed by atoms with E-state index in [1.807, 2.05) is 19.1 Å². The quantitative estimate of drug-likeness (QED) is 0.0661. The summed E-state index contributed by atoms with van der Waals surface area (Å²) in [6.45, 7) is 12.2. The third-order valence-electron chi connectivity index (χ3n) is 9.37. The van der Waals surface area contributed by atoms with Crippen LogP contribution in [-0.4, -0.2) is 159 Å². The van der Waals surface area contributed by atoms with Crippen molar-refractivity contribution in [3.63, 3.8) is 0 Å². The van der Waals surface area contributed by atoms with E-state index in [2.05, 4.69) is 0 Å². The van der Waals surface area contributed by atoms with Crippen LogP contribution in [-0.2, 0) is 65.0 Å². The highest BCUT2D eigenvalue weighted by Crippen LogP contribution is 2.42. The van der Waals surface area contributed by atoms with E-state index in [1.165, 1.54) is 6.08 Å². The number of fused-ring (bicyclic) bond motifs is 2. The number of carboxylic acids is 1. The minimum absolute atomic E-state index is 0.113. The lowest BCUT2D eigenvalue weighted by Gasteiger charge is -2.27. The van der Waals surface area contributed by atoms with Crippen LogP contribution in [0.15, 0.2) is 65.8 Å². The Balaban J connectivity index is 0.947. The van der Waals surface area contributed by atoms with Crippen LogP contribution < -0.4 is 0 Å². The highest BCUT2D eigenvalue weighted by Gasteiger charge is 2.28. The summed E-state index contributed by atoms with van der Waals surface area (Å²) in [4.78, 5) is 25.6. The second kappa shape index (κ2) is 30.4. The van der Waals surface area contributed by atoms with Crippen LogP contribution >= 0.6 is 12.2 Å². The van der Waals surface area contributed by atoms with Gasteiger partial charge in [-0.3, -0.25) is 4.79 Å². The molecule has 2 aromatic carbocycles. The van der Waals surface area contributed by atoms with Gasteiger partial charge in [0.2, 0.25) is 0 Å². The maximum Gasteiger partial charge on any atom is 0.336 e. The Bertz CT molecular complexity index is 1740. The van der Waals surface area contributed by atoms with Gasteiger partial charge in [0.05, 0.1) is 124 Å². The fourth-order valence-electron chi connectivity index (χ4n) is 6.48. The molecule has 0 aromatic heterocycles. The van der Waals surface area contributed by atoms with Crippen LogP contribution in [0.2, 0.25) is 0 Å². The molecular formula is C46H62O14S. The number of ketones is 1. The molecule has 2 aliphatic rings. The summed E-state index contributed by atoms with van der Waals surface area (Å²) in [5.74, 6) is -1.06. The van der Waals surface area contributed by atoms with Gasteiger partial charge in [0.25, 0.3) is 0 Å². The summed E-state index contributed by atoms with van der Waals surface area (Å²) in [6, 6.07) is 10.5. The molecule has 2 aromatic rings. The van der Waals surface area contributed by atoms with Crippen LogP contribution in [0.4, 0.5) is 0 Å². The maximum absolute atomic E-state index is 12.6. The molecule has 61 heavy (non-hydrogen) atoms. The zero-order chi connectivity index (χ0) is 43.3. The molecule has 0 amide bonds. The highest BCUT2D eigenvalue weighted by atomic mass is 32.1. The Morgan fingerprint density at radius 3 is 1.59 bits per heavy atom. The van der Waals surface area contributed by atoms with E-state index in [1.54, 1.807) is 36.4 Å². The fraction of sp³-hybridized carbons (Fsp3) is 0.543. The molecule has 2 N–H and O–H groups in total. The molecule has 2 aliphatic carbocycles. The fourth-order valence-corrected chi connectivity index (χ4v) is 6.79. The first-order chi connectivity index (χ1) is 29.9. The average molecular weight is 871 g/mol. The van der Waals surface area contributed by atoms with Gasteiger partial charge < -0.3 is 57.6 Å². The van der Waals surface area contributed by atoms with Crippen molar-refractivity contribution in [2.24, 2.45) is 0 Å². The van der Waals surface area contributed by atoms with Gasteiger partial charge >= 0.3 is 5.97 Å². The number of allylic oxidation sites excluding steroid dienone is 5. The Labute approximate surface area is 364 Å². The zero-order valence-corrected chi connectivity index (χ0v) is 36.2. The molecule has 0 saturated carbocycles. The molecule has 336 valence electrons. The molecule has 0 fully saturated rings. The average Bonchev–Trinajstić information content (AvgIpc) is 3.24. The van der Waals surface area contributed by atoms with Crippen molar-refractivity contribution in [1.29, 1.82) is 0 Å². The first-order valence-corrected chi connectivity index (χ1v) is 21.4. The first kappa shape index (κ1) is 49.9. The molecule has 0 spiro atoms. The molecule has 0 saturated heterocycles. The molecule has 4 rings (SSSR count). The van der Waals surface area contributed by atoms with Gasteiger partial charge in [0, 0.05) is 19.6 Å². The third kappa shape index (κ3) is 19.5. The largest absolute Gasteiger partial charge is 0.508 e. The summed E-state index contributed by atoms with van der Waals surface area (Å²) in [6.07, 6.45) is 7.16. The molecule has 14 nitrogen and oxygen atoms in total. The lowest BCUT2D eigenvalue weighted by atomic mass is 9.76. The molecule has 0 radical (unpaired) electrons. The summed E-state index contributed by atoms with van der Waals surface area (Å²) in [5, 5.41) is 20.4. The van der Waals surface area contributed by atoms with Crippen LogP contribution in [0.3, 0.4) is 0 Å². The lowest BCUT2D eigenvalue weighted by molar-refractivity contribution is -0.110. The first-order valence-electron chi connectivity index (χ1n) is 21.0. The summed E-state index contributed by atoms with van der Waals surface area (Å²) < 4.78 is 54.8. The number of phenolic OH excluding ortho intramolecular Hbond substituents is 1. The van der Waals surface area contributed by atoms with E-state index in [-0.39, 0.29) is 17.1 Å². The predicted molar refractivity (Wildman–Crippen MR) is 233 cm³/mol. The van der Waals surface area contributed by atoms with Crippen molar-refractivity contribution in [2.75, 3.05) is 132 Å². The number of aromatic carboxylic acids is 1. The van der Waals surface area contributed by atoms with Crippen molar-refractivity contribution in [1.82, 2.24) is 0 Å². The molecule has 0 aliphatic heterocycles. The van der Waals surface area contributed by atoms with Gasteiger partial charge in [0.1, 0.15) is 5.75 Å². The van der Waals surface area contributed by atoms with Crippen LogP contribution in [0.1, 0.15) is 52.4 Å². The minimum atomic E-state index is -1.06. The van der Waals surface area contributed by atoms with Crippen molar-refractivity contribution >= 4 is 34.4 Å². The second-order valence-electron chi connectivity index (χ2n) is 13.9. The maximum atomic E-state index is 12.6. The lowest BCUT2D eigenvalue weighted by Crippen LogP contribution is -2.15. The number of aromatic hydroxyl groups is 1. The van der Waals surface area contributed by atoms with Gasteiger partial charge in [0.15, 0.2) is 5.78 Å². The molecular weight excluding hydrogens is 809 g/mol. The molecule has 0 heterocycles. The summed E-state index contributed by atoms with van der Waals surface area (Å²) in [5.41, 5.74) is 5.49. The van der Waals surface area contributed by atoms with E-state index in [0.29, 0.717) is 157 Å². The Hall–Kier alpha value is -3.71. The smallest absolute Gasteiger partial charge is 0.336 e. The topological polar surface area (TPSA) is 167 Å². The van der Waals surface area contributed by atoms with Gasteiger partial charge in [-0.1, -0.05) is 36.5 Å². The minimum Gasteiger partial charge on any atom is -0.508 e. The molecule has 0 atom stereocenters. The van der Waals surface area contributed by atoms with Crippen LogP contribution in [0.5, 0.6) is 5.75 Å². The highest BCUT2D eigenvalue weighted by molar-refractivity contribution is 7.80.